The maximum absolute atomic E-state index is 11.6. The first-order chi connectivity index (χ1) is 8.08. The van der Waals surface area contributed by atoms with Crippen molar-refractivity contribution < 1.29 is 14.3 Å². The minimum Gasteiger partial charge on any atom is -0.466 e. The van der Waals surface area contributed by atoms with Gasteiger partial charge >= 0.3 is 11.7 Å². The van der Waals surface area contributed by atoms with Gasteiger partial charge in [-0.05, 0) is 13.8 Å². The molecule has 0 N–H and O–H groups in total. The van der Waals surface area contributed by atoms with Gasteiger partial charge in [0, 0.05) is 18.9 Å². The van der Waals surface area contributed by atoms with Crippen LogP contribution in [-0.4, -0.2) is 27.5 Å². The quantitative estimate of drug-likeness (QED) is 0.526. The molecule has 0 saturated carbocycles. The Hall–Kier alpha value is -1.85. The summed E-state index contributed by atoms with van der Waals surface area (Å²) in [7, 11) is 0. The molecule has 0 saturated heterocycles. The van der Waals surface area contributed by atoms with Crippen LogP contribution in [0, 0.1) is 0 Å². The van der Waals surface area contributed by atoms with Crippen molar-refractivity contribution in [3.05, 3.63) is 22.9 Å². The molecule has 1 aromatic heterocycles. The predicted molar refractivity (Wildman–Crippen MR) is 60.6 cm³/mol. The minimum atomic E-state index is -0.555. The molecule has 0 aliphatic carbocycles. The molecule has 1 rings (SSSR count). The zero-order valence-electron chi connectivity index (χ0n) is 10.0. The molecular formula is C11H16N2O4. The number of esters is 1. The lowest BCUT2D eigenvalue weighted by Gasteiger charge is -2.02. The van der Waals surface area contributed by atoms with E-state index in [4.69, 9.17) is 0 Å². The van der Waals surface area contributed by atoms with E-state index in [1.165, 1.54) is 15.3 Å². The Morgan fingerprint density at radius 1 is 1.24 bits per heavy atom. The molecule has 17 heavy (non-hydrogen) atoms. The monoisotopic (exact) mass is 240 g/mol. The molecular weight excluding hydrogens is 224 g/mol. The van der Waals surface area contributed by atoms with Crippen LogP contribution in [0.15, 0.2) is 17.2 Å². The molecule has 0 aliphatic rings. The van der Waals surface area contributed by atoms with E-state index >= 15 is 0 Å². The Balaban J connectivity index is 2.59. The summed E-state index contributed by atoms with van der Waals surface area (Å²) < 4.78 is 7.42. The Kier molecular flexibility index (Phi) is 4.68. The van der Waals surface area contributed by atoms with Crippen LogP contribution in [0.3, 0.4) is 0 Å². The molecule has 6 nitrogen and oxygen atoms in total. The summed E-state index contributed by atoms with van der Waals surface area (Å²) in [5.41, 5.74) is -0.246. The molecule has 0 unspecified atom stereocenters. The highest BCUT2D eigenvalue weighted by Crippen LogP contribution is 1.93. The number of aryl methyl sites for hydroxylation is 1. The number of ether oxygens (including phenoxy) is 1. The molecule has 1 aromatic rings. The van der Waals surface area contributed by atoms with E-state index in [2.05, 4.69) is 4.74 Å². The third-order valence-corrected chi connectivity index (χ3v) is 2.25. The molecule has 0 aromatic carbocycles. The smallest absolute Gasteiger partial charge is 0.328 e. The van der Waals surface area contributed by atoms with E-state index in [0.717, 1.165) is 0 Å². The maximum Gasteiger partial charge on any atom is 0.328 e. The predicted octanol–water partition coefficient (Wildman–Crippen LogP) is 0.192. The summed E-state index contributed by atoms with van der Waals surface area (Å²) >= 11 is 0. The van der Waals surface area contributed by atoms with Gasteiger partial charge in [0.25, 0.3) is 0 Å². The zero-order chi connectivity index (χ0) is 12.8. The van der Waals surface area contributed by atoms with Crippen molar-refractivity contribution in [1.82, 2.24) is 9.13 Å². The number of aromatic nitrogens is 2. The Bertz CT molecular complexity index is 458. The van der Waals surface area contributed by atoms with Crippen LogP contribution in [0.4, 0.5) is 0 Å². The zero-order valence-corrected chi connectivity index (χ0v) is 10.0. The van der Waals surface area contributed by atoms with Gasteiger partial charge < -0.3 is 4.74 Å². The van der Waals surface area contributed by atoms with Crippen molar-refractivity contribution in [2.24, 2.45) is 0 Å². The first kappa shape index (κ1) is 13.2. The molecule has 94 valence electrons. The van der Waals surface area contributed by atoms with Crippen LogP contribution in [0.5, 0.6) is 0 Å². The van der Waals surface area contributed by atoms with Crippen LogP contribution in [0.2, 0.25) is 0 Å². The molecule has 0 fully saturated rings. The number of hydrogen-bond donors (Lipinski definition) is 0. The second-order valence-electron chi connectivity index (χ2n) is 3.52. The number of carbonyl (C=O) groups excluding carboxylic acids is 2. The van der Waals surface area contributed by atoms with Crippen LogP contribution in [0.25, 0.3) is 0 Å². The van der Waals surface area contributed by atoms with E-state index in [9.17, 15) is 14.4 Å². The van der Waals surface area contributed by atoms with Crippen LogP contribution < -0.4 is 5.69 Å². The van der Waals surface area contributed by atoms with Crippen molar-refractivity contribution in [2.45, 2.75) is 33.4 Å². The highest BCUT2D eigenvalue weighted by atomic mass is 16.5. The number of hydrogen-bond acceptors (Lipinski definition) is 4. The normalized spacial score (nSPS) is 10.2. The number of rotatable bonds is 6. The Labute approximate surface area is 98.8 Å². The van der Waals surface area contributed by atoms with Gasteiger partial charge in [0.1, 0.15) is 6.42 Å². The largest absolute Gasteiger partial charge is 0.466 e. The van der Waals surface area contributed by atoms with Gasteiger partial charge in [0.05, 0.1) is 13.2 Å². The average molecular weight is 240 g/mol. The van der Waals surface area contributed by atoms with E-state index in [1.807, 2.05) is 6.92 Å². The number of Topliss-reactive ketones (excluding diaryl/α,β-unsaturated/α-hetero) is 1. The fourth-order valence-corrected chi connectivity index (χ4v) is 1.43. The van der Waals surface area contributed by atoms with Crippen molar-refractivity contribution in [2.75, 3.05) is 6.61 Å². The van der Waals surface area contributed by atoms with Crippen molar-refractivity contribution in [3.8, 4) is 0 Å². The lowest BCUT2D eigenvalue weighted by atomic mass is 10.3. The number of imidazole rings is 1. The summed E-state index contributed by atoms with van der Waals surface area (Å²) in [5.74, 6) is -0.889. The van der Waals surface area contributed by atoms with Gasteiger partial charge in [0.2, 0.25) is 0 Å². The third kappa shape index (κ3) is 3.58. The van der Waals surface area contributed by atoms with Crippen LogP contribution in [0.1, 0.15) is 20.3 Å². The maximum atomic E-state index is 11.6. The summed E-state index contributed by atoms with van der Waals surface area (Å²) in [6, 6.07) is 0. The van der Waals surface area contributed by atoms with Crippen LogP contribution in [-0.2, 0) is 27.4 Å². The summed E-state index contributed by atoms with van der Waals surface area (Å²) in [6.07, 6.45) is 2.85. The standard InChI is InChI=1S/C11H16N2O4/c1-3-12-5-6-13(11(12)16)8-9(14)7-10(15)17-4-2/h5-6H,3-4,7-8H2,1-2H3. The fourth-order valence-electron chi connectivity index (χ4n) is 1.43. The number of ketones is 1. The van der Waals surface area contributed by atoms with E-state index in [1.54, 1.807) is 13.1 Å². The van der Waals surface area contributed by atoms with Gasteiger partial charge in [-0.2, -0.15) is 0 Å². The second kappa shape index (κ2) is 6.03. The molecule has 0 atom stereocenters. The summed E-state index contributed by atoms with van der Waals surface area (Å²) in [6.45, 7) is 4.22. The van der Waals surface area contributed by atoms with Crippen molar-refractivity contribution in [1.29, 1.82) is 0 Å². The van der Waals surface area contributed by atoms with Crippen LogP contribution >= 0.6 is 0 Å². The molecule has 6 heteroatoms. The second-order valence-corrected chi connectivity index (χ2v) is 3.52. The highest BCUT2D eigenvalue weighted by Gasteiger charge is 2.12. The SMILES string of the molecule is CCOC(=O)CC(=O)Cn1ccn(CC)c1=O. The van der Waals surface area contributed by atoms with Crippen molar-refractivity contribution >= 4 is 11.8 Å². The molecule has 0 radical (unpaired) electrons. The third-order valence-electron chi connectivity index (χ3n) is 2.25. The Morgan fingerprint density at radius 2 is 1.88 bits per heavy atom. The first-order valence-electron chi connectivity index (χ1n) is 5.51. The minimum absolute atomic E-state index is 0.0926. The topological polar surface area (TPSA) is 70.3 Å². The molecule has 1 heterocycles. The average Bonchev–Trinajstić information content (AvgIpc) is 2.60. The van der Waals surface area contributed by atoms with Gasteiger partial charge in [0.15, 0.2) is 5.78 Å². The highest BCUT2D eigenvalue weighted by molar-refractivity contribution is 5.95. The molecule has 0 bridgehead atoms. The van der Waals surface area contributed by atoms with E-state index in [-0.39, 0.29) is 31.0 Å². The van der Waals surface area contributed by atoms with Gasteiger partial charge in [-0.25, -0.2) is 4.79 Å². The first-order valence-corrected chi connectivity index (χ1v) is 5.51. The summed E-state index contributed by atoms with van der Waals surface area (Å²) in [4.78, 5) is 34.1. The fraction of sp³-hybridized carbons (Fsp3) is 0.545. The lowest BCUT2D eigenvalue weighted by molar-refractivity contribution is -0.145. The van der Waals surface area contributed by atoms with Gasteiger partial charge in [-0.1, -0.05) is 0 Å². The van der Waals surface area contributed by atoms with Gasteiger partial charge in [-0.3, -0.25) is 18.7 Å². The number of nitrogens with zero attached hydrogens (tertiary/aromatic N) is 2. The van der Waals surface area contributed by atoms with E-state index in [0.29, 0.717) is 6.54 Å². The lowest BCUT2D eigenvalue weighted by Crippen LogP contribution is -2.27. The van der Waals surface area contributed by atoms with Crippen molar-refractivity contribution in [3.63, 3.8) is 0 Å². The van der Waals surface area contributed by atoms with E-state index < -0.39 is 5.97 Å². The van der Waals surface area contributed by atoms with Gasteiger partial charge in [-0.15, -0.1) is 0 Å². The number of carbonyl (C=O) groups is 2. The Morgan fingerprint density at radius 3 is 2.41 bits per heavy atom. The molecule has 0 spiro atoms. The summed E-state index contributed by atoms with van der Waals surface area (Å²) in [5, 5.41) is 0. The molecule has 0 amide bonds. The molecule has 0 aliphatic heterocycles.